The Hall–Kier alpha value is -2.69. The number of para-hydroxylation sites is 1. The number of fused-ring (bicyclic) bond motifs is 1. The molecule has 0 aliphatic rings. The largest absolute Gasteiger partial charge is 0.306 e. The molecule has 0 spiro atoms. The van der Waals surface area contributed by atoms with Crippen molar-refractivity contribution in [1.29, 1.82) is 0 Å². The molecule has 3 aromatic rings. The van der Waals surface area contributed by atoms with Crippen molar-refractivity contribution in [2.75, 3.05) is 0 Å². The minimum absolute atomic E-state index is 0.160. The van der Waals surface area contributed by atoms with Crippen LogP contribution in [-0.2, 0) is 0 Å². The molecule has 0 amide bonds. The molecule has 100 valence electrons. The van der Waals surface area contributed by atoms with E-state index in [1.165, 1.54) is 6.92 Å². The summed E-state index contributed by atoms with van der Waals surface area (Å²) in [5.74, 6) is -0.250. The van der Waals surface area contributed by atoms with Gasteiger partial charge in [-0.25, -0.2) is 4.68 Å². The van der Waals surface area contributed by atoms with Crippen LogP contribution in [0, 0.1) is 6.92 Å². The molecule has 0 saturated carbocycles. The van der Waals surface area contributed by atoms with Crippen LogP contribution >= 0.6 is 0 Å². The Morgan fingerprint density at radius 1 is 1.25 bits per heavy atom. The van der Waals surface area contributed by atoms with Gasteiger partial charge < -0.3 is 4.98 Å². The molecule has 2 heterocycles. The van der Waals surface area contributed by atoms with E-state index in [-0.39, 0.29) is 16.9 Å². The van der Waals surface area contributed by atoms with Crippen molar-refractivity contribution in [3.05, 3.63) is 58.0 Å². The Morgan fingerprint density at radius 3 is 2.60 bits per heavy atom. The smallest absolute Gasteiger partial charge is 0.260 e. The first-order chi connectivity index (χ1) is 9.58. The van der Waals surface area contributed by atoms with E-state index >= 15 is 0 Å². The van der Waals surface area contributed by atoms with Gasteiger partial charge >= 0.3 is 0 Å². The molecule has 5 heteroatoms. The van der Waals surface area contributed by atoms with Gasteiger partial charge in [0.15, 0.2) is 5.78 Å². The number of carbonyl (C=O) groups is 1. The van der Waals surface area contributed by atoms with E-state index in [1.807, 2.05) is 37.3 Å². The first kappa shape index (κ1) is 12.3. The molecule has 5 nitrogen and oxygen atoms in total. The molecule has 0 bridgehead atoms. The molecule has 2 aromatic heterocycles. The highest BCUT2D eigenvalue weighted by Gasteiger charge is 2.14. The fourth-order valence-corrected chi connectivity index (χ4v) is 2.23. The Labute approximate surface area is 114 Å². The Kier molecular flexibility index (Phi) is 2.75. The zero-order chi connectivity index (χ0) is 14.3. The SMILES string of the molecule is CC(=O)c1cc2c(C)nn(-c3ccccc3)c2[nH]c1=O. The molecule has 3 rings (SSSR count). The third-order valence-electron chi connectivity index (χ3n) is 3.25. The monoisotopic (exact) mass is 267 g/mol. The van der Waals surface area contributed by atoms with Crippen molar-refractivity contribution in [2.45, 2.75) is 13.8 Å². The number of Topliss-reactive ketones (excluding diaryl/α,β-unsaturated/α-hetero) is 1. The second-order valence-corrected chi connectivity index (χ2v) is 4.66. The lowest BCUT2D eigenvalue weighted by atomic mass is 10.1. The number of aromatic amines is 1. The normalized spacial score (nSPS) is 10.9. The quantitative estimate of drug-likeness (QED) is 0.724. The summed E-state index contributed by atoms with van der Waals surface area (Å²) in [5, 5.41) is 5.21. The number of hydrogen-bond donors (Lipinski definition) is 1. The maximum Gasteiger partial charge on any atom is 0.260 e. The molecule has 0 unspecified atom stereocenters. The number of nitrogens with zero attached hydrogens (tertiary/aromatic N) is 2. The predicted octanol–water partition coefficient (Wildman–Crippen LogP) is 2.22. The maximum atomic E-state index is 11.9. The second kappa shape index (κ2) is 4.45. The van der Waals surface area contributed by atoms with Crippen LogP contribution in [-0.4, -0.2) is 20.5 Å². The first-order valence-electron chi connectivity index (χ1n) is 6.27. The molecule has 0 aliphatic heterocycles. The Morgan fingerprint density at radius 2 is 1.95 bits per heavy atom. The fraction of sp³-hybridized carbons (Fsp3) is 0.133. The highest BCUT2D eigenvalue weighted by Crippen LogP contribution is 2.19. The predicted molar refractivity (Wildman–Crippen MR) is 76.4 cm³/mol. The number of benzene rings is 1. The van der Waals surface area contributed by atoms with Gasteiger partial charge in [0.25, 0.3) is 5.56 Å². The zero-order valence-electron chi connectivity index (χ0n) is 11.2. The van der Waals surface area contributed by atoms with E-state index in [9.17, 15) is 9.59 Å². The van der Waals surface area contributed by atoms with Crippen molar-refractivity contribution in [2.24, 2.45) is 0 Å². The van der Waals surface area contributed by atoms with Crippen molar-refractivity contribution in [3.63, 3.8) is 0 Å². The van der Waals surface area contributed by atoms with E-state index in [0.29, 0.717) is 5.65 Å². The van der Waals surface area contributed by atoms with E-state index in [4.69, 9.17) is 0 Å². The van der Waals surface area contributed by atoms with Crippen molar-refractivity contribution in [1.82, 2.24) is 14.8 Å². The topological polar surface area (TPSA) is 67.8 Å². The summed E-state index contributed by atoms with van der Waals surface area (Å²) in [6.45, 7) is 3.23. The van der Waals surface area contributed by atoms with E-state index in [2.05, 4.69) is 10.1 Å². The highest BCUT2D eigenvalue weighted by atomic mass is 16.1. The number of nitrogens with one attached hydrogen (secondary N) is 1. The van der Waals surface area contributed by atoms with Gasteiger partial charge in [-0.15, -0.1) is 0 Å². The van der Waals surface area contributed by atoms with Gasteiger partial charge in [0.1, 0.15) is 5.65 Å². The molecule has 0 aliphatic carbocycles. The van der Waals surface area contributed by atoms with Crippen LogP contribution in [0.3, 0.4) is 0 Å². The van der Waals surface area contributed by atoms with Crippen LogP contribution in [0.25, 0.3) is 16.7 Å². The highest BCUT2D eigenvalue weighted by molar-refractivity contribution is 5.97. The van der Waals surface area contributed by atoms with Crippen LogP contribution < -0.4 is 5.56 Å². The van der Waals surface area contributed by atoms with Crippen molar-refractivity contribution >= 4 is 16.8 Å². The van der Waals surface area contributed by atoms with Crippen molar-refractivity contribution in [3.8, 4) is 5.69 Å². The average Bonchev–Trinajstić information content (AvgIpc) is 2.75. The average molecular weight is 267 g/mol. The number of aromatic nitrogens is 3. The van der Waals surface area contributed by atoms with Gasteiger partial charge in [-0.05, 0) is 32.0 Å². The summed E-state index contributed by atoms with van der Waals surface area (Å²) < 4.78 is 1.68. The van der Waals surface area contributed by atoms with Gasteiger partial charge in [-0.3, -0.25) is 9.59 Å². The van der Waals surface area contributed by atoms with Gasteiger partial charge in [0, 0.05) is 5.39 Å². The molecule has 1 N–H and O–H groups in total. The van der Waals surface area contributed by atoms with E-state index < -0.39 is 0 Å². The summed E-state index contributed by atoms with van der Waals surface area (Å²) in [6.07, 6.45) is 0. The van der Waals surface area contributed by atoms with Crippen LogP contribution in [0.5, 0.6) is 0 Å². The second-order valence-electron chi connectivity index (χ2n) is 4.66. The number of rotatable bonds is 2. The van der Waals surface area contributed by atoms with Crippen LogP contribution in [0.2, 0.25) is 0 Å². The molecular formula is C15H13N3O2. The number of pyridine rings is 1. The number of aryl methyl sites for hydroxylation is 1. The van der Waals surface area contributed by atoms with Crippen LogP contribution in [0.4, 0.5) is 0 Å². The minimum Gasteiger partial charge on any atom is -0.306 e. The first-order valence-corrected chi connectivity index (χ1v) is 6.27. The minimum atomic E-state index is -0.387. The third-order valence-corrected chi connectivity index (χ3v) is 3.25. The van der Waals surface area contributed by atoms with Gasteiger partial charge in [-0.1, -0.05) is 18.2 Å². The Bertz CT molecular complexity index is 860. The van der Waals surface area contributed by atoms with Gasteiger partial charge in [0.05, 0.1) is 16.9 Å². The van der Waals surface area contributed by atoms with Crippen molar-refractivity contribution < 1.29 is 4.79 Å². The lowest BCUT2D eigenvalue weighted by Crippen LogP contribution is -2.16. The van der Waals surface area contributed by atoms with Gasteiger partial charge in [-0.2, -0.15) is 5.10 Å². The zero-order valence-corrected chi connectivity index (χ0v) is 11.2. The number of hydrogen-bond acceptors (Lipinski definition) is 3. The third kappa shape index (κ3) is 1.84. The van der Waals surface area contributed by atoms with E-state index in [0.717, 1.165) is 16.8 Å². The van der Waals surface area contributed by atoms with Crippen LogP contribution in [0.1, 0.15) is 23.0 Å². The fourth-order valence-electron chi connectivity index (χ4n) is 2.23. The van der Waals surface area contributed by atoms with E-state index in [1.54, 1.807) is 10.7 Å². The molecule has 0 atom stereocenters. The standard InChI is InChI=1S/C15H13N3O2/c1-9-12-8-13(10(2)19)15(20)16-14(12)18(17-9)11-6-4-3-5-7-11/h3-8H,1-2H3,(H,16,20). The summed E-state index contributed by atoms with van der Waals surface area (Å²) in [6, 6.07) is 11.1. The summed E-state index contributed by atoms with van der Waals surface area (Å²) >= 11 is 0. The number of carbonyl (C=O) groups excluding carboxylic acids is 1. The maximum absolute atomic E-state index is 11.9. The molecule has 1 aromatic carbocycles. The molecule has 0 fully saturated rings. The molecular weight excluding hydrogens is 254 g/mol. The molecule has 0 radical (unpaired) electrons. The lowest BCUT2D eigenvalue weighted by Gasteiger charge is -2.03. The number of ketones is 1. The Balaban J connectivity index is 2.35. The summed E-state index contributed by atoms with van der Waals surface area (Å²) in [4.78, 5) is 26.2. The van der Waals surface area contributed by atoms with Crippen LogP contribution in [0.15, 0.2) is 41.2 Å². The molecule has 0 saturated heterocycles. The van der Waals surface area contributed by atoms with Gasteiger partial charge in [0.2, 0.25) is 0 Å². The summed E-state index contributed by atoms with van der Waals surface area (Å²) in [7, 11) is 0. The number of H-pyrrole nitrogens is 1. The lowest BCUT2D eigenvalue weighted by molar-refractivity contribution is 0.101. The molecule has 20 heavy (non-hydrogen) atoms. The summed E-state index contributed by atoms with van der Waals surface area (Å²) in [5.41, 5.74) is 2.00.